The zero-order valence-corrected chi connectivity index (χ0v) is 20.8. The van der Waals surface area contributed by atoms with E-state index in [2.05, 4.69) is 27.9 Å². The minimum absolute atomic E-state index is 0.0829. The number of aryl methyl sites for hydroxylation is 1. The maximum Gasteiger partial charge on any atom is 0.295 e. The molecule has 0 aliphatic carbocycles. The summed E-state index contributed by atoms with van der Waals surface area (Å²) in [5, 5.41) is 23.9. The van der Waals surface area contributed by atoms with Crippen LogP contribution in [0.3, 0.4) is 0 Å². The molecule has 2 aromatic heterocycles. The normalized spacial score (nSPS) is 11.1. The van der Waals surface area contributed by atoms with Gasteiger partial charge in [-0.2, -0.15) is 0 Å². The van der Waals surface area contributed by atoms with E-state index in [-0.39, 0.29) is 11.5 Å². The van der Waals surface area contributed by atoms with Gasteiger partial charge in [-0.05, 0) is 54.7 Å². The second kappa shape index (κ2) is 11.6. The maximum atomic E-state index is 11.1. The van der Waals surface area contributed by atoms with Crippen molar-refractivity contribution in [1.29, 1.82) is 0 Å². The summed E-state index contributed by atoms with van der Waals surface area (Å²) in [6.45, 7) is 3.64. The molecular weight excluding hydrogens is 470 g/mol. The number of amides is 1. The second-order valence-corrected chi connectivity index (χ2v) is 8.84. The first kappa shape index (κ1) is 25.8. The summed E-state index contributed by atoms with van der Waals surface area (Å²) in [6.07, 6.45) is 8.39. The highest BCUT2D eigenvalue weighted by molar-refractivity contribution is 6.06. The quantitative estimate of drug-likeness (QED) is 0.141. The first-order valence-corrected chi connectivity index (χ1v) is 12.3. The number of terminal acetylenes is 1. The summed E-state index contributed by atoms with van der Waals surface area (Å²) in [7, 11) is 0. The van der Waals surface area contributed by atoms with Crippen LogP contribution in [0.1, 0.15) is 36.7 Å². The molecular formula is C28H31N5O4. The Morgan fingerprint density at radius 3 is 2.78 bits per heavy atom. The van der Waals surface area contributed by atoms with Gasteiger partial charge in [0.25, 0.3) is 5.91 Å². The third kappa shape index (κ3) is 5.93. The number of benzene rings is 2. The van der Waals surface area contributed by atoms with Crippen molar-refractivity contribution >= 4 is 33.7 Å². The lowest BCUT2D eigenvalue weighted by molar-refractivity contribution is -0.115. The zero-order chi connectivity index (χ0) is 26.4. The fourth-order valence-electron chi connectivity index (χ4n) is 4.30. The Morgan fingerprint density at radius 1 is 1.16 bits per heavy atom. The highest BCUT2D eigenvalue weighted by atomic mass is 16.5. The predicted octanol–water partition coefficient (Wildman–Crippen LogP) is 3.28. The van der Waals surface area contributed by atoms with E-state index in [9.17, 15) is 15.0 Å². The molecule has 4 rings (SSSR count). The van der Waals surface area contributed by atoms with Gasteiger partial charge in [0, 0.05) is 23.9 Å². The van der Waals surface area contributed by atoms with Crippen LogP contribution in [-0.2, 0) is 28.9 Å². The number of pyridine rings is 1. The molecule has 0 aliphatic rings. The van der Waals surface area contributed by atoms with E-state index in [0.29, 0.717) is 49.6 Å². The Kier molecular flexibility index (Phi) is 8.11. The SMILES string of the molecule is C#CC(=O)NCCOCCc1ccc2nc(N)c3nc(CCCC)n(Cc4cc(O)ccc4O)c3c2c1. The van der Waals surface area contributed by atoms with E-state index in [1.807, 2.05) is 18.1 Å². The molecule has 1 amide bonds. The average Bonchev–Trinajstić information content (AvgIpc) is 3.26. The summed E-state index contributed by atoms with van der Waals surface area (Å²) < 4.78 is 7.70. The van der Waals surface area contributed by atoms with Gasteiger partial charge in [-0.3, -0.25) is 4.79 Å². The summed E-state index contributed by atoms with van der Waals surface area (Å²) >= 11 is 0. The third-order valence-corrected chi connectivity index (χ3v) is 6.19. The number of rotatable bonds is 11. The van der Waals surface area contributed by atoms with Crippen LogP contribution in [0.25, 0.3) is 21.9 Å². The number of nitrogens with two attached hydrogens (primary N) is 1. The van der Waals surface area contributed by atoms with Crippen molar-refractivity contribution in [3.05, 3.63) is 53.3 Å². The predicted molar refractivity (Wildman–Crippen MR) is 143 cm³/mol. The number of anilines is 1. The molecule has 2 aromatic carbocycles. The number of imidazole rings is 1. The lowest BCUT2D eigenvalue weighted by atomic mass is 10.1. The third-order valence-electron chi connectivity index (χ3n) is 6.19. The Morgan fingerprint density at radius 2 is 2.00 bits per heavy atom. The Labute approximate surface area is 215 Å². The molecule has 0 atom stereocenters. The molecule has 9 nitrogen and oxygen atoms in total. The lowest BCUT2D eigenvalue weighted by Crippen LogP contribution is -2.25. The minimum Gasteiger partial charge on any atom is -0.508 e. The number of ether oxygens (including phenoxy) is 1. The van der Waals surface area contributed by atoms with E-state index >= 15 is 0 Å². The van der Waals surface area contributed by atoms with E-state index in [4.69, 9.17) is 21.9 Å². The van der Waals surface area contributed by atoms with Crippen LogP contribution in [0, 0.1) is 12.3 Å². The number of carbonyl (C=O) groups excluding carboxylic acids is 1. The molecule has 0 saturated heterocycles. The molecule has 0 saturated carbocycles. The van der Waals surface area contributed by atoms with Gasteiger partial charge in [-0.1, -0.05) is 19.4 Å². The summed E-state index contributed by atoms with van der Waals surface area (Å²) in [5.74, 6) is 2.93. The standard InChI is InChI=1S/C28H31N5O4/c1-3-5-6-24-32-26-27(33(24)17-19-16-20(34)8-10-23(19)35)21-15-18(7-9-22(21)31-28(26)29)11-13-37-14-12-30-25(36)4-2/h2,7-10,15-16,34-35H,3,5-6,11-14,17H2,1H3,(H2,29,31)(H,30,36). The lowest BCUT2D eigenvalue weighted by Gasteiger charge is -2.13. The van der Waals surface area contributed by atoms with Crippen LogP contribution >= 0.6 is 0 Å². The monoisotopic (exact) mass is 501 g/mol. The van der Waals surface area contributed by atoms with E-state index in [0.717, 1.165) is 47.1 Å². The molecule has 0 spiro atoms. The molecule has 37 heavy (non-hydrogen) atoms. The molecule has 0 bridgehead atoms. The van der Waals surface area contributed by atoms with Gasteiger partial charge in [0.1, 0.15) is 22.8 Å². The number of carbonyl (C=O) groups is 1. The Hall–Kier alpha value is -4.29. The van der Waals surface area contributed by atoms with Gasteiger partial charge in [0.15, 0.2) is 5.82 Å². The zero-order valence-electron chi connectivity index (χ0n) is 20.8. The molecule has 4 aromatic rings. The molecule has 5 N–H and O–H groups in total. The van der Waals surface area contributed by atoms with Crippen molar-refractivity contribution in [2.45, 2.75) is 39.2 Å². The van der Waals surface area contributed by atoms with Crippen molar-refractivity contribution in [3.8, 4) is 23.8 Å². The van der Waals surface area contributed by atoms with Crippen LogP contribution in [-0.4, -0.2) is 50.4 Å². The molecule has 2 heterocycles. The number of hydrogen-bond donors (Lipinski definition) is 4. The average molecular weight is 502 g/mol. The Bertz CT molecular complexity index is 1470. The number of nitrogens with zero attached hydrogens (tertiary/aromatic N) is 3. The van der Waals surface area contributed by atoms with Crippen molar-refractivity contribution in [2.24, 2.45) is 0 Å². The van der Waals surface area contributed by atoms with E-state index in [1.165, 1.54) is 12.1 Å². The molecule has 192 valence electrons. The smallest absolute Gasteiger partial charge is 0.295 e. The number of aromatic nitrogens is 3. The van der Waals surface area contributed by atoms with Crippen molar-refractivity contribution in [1.82, 2.24) is 19.9 Å². The topological polar surface area (TPSA) is 136 Å². The second-order valence-electron chi connectivity index (χ2n) is 8.84. The van der Waals surface area contributed by atoms with Gasteiger partial charge in [0.2, 0.25) is 0 Å². The van der Waals surface area contributed by atoms with Gasteiger partial charge in [-0.25, -0.2) is 9.97 Å². The number of nitrogen functional groups attached to an aromatic ring is 1. The number of aromatic hydroxyl groups is 2. The van der Waals surface area contributed by atoms with Crippen LogP contribution < -0.4 is 11.1 Å². The summed E-state index contributed by atoms with van der Waals surface area (Å²) in [4.78, 5) is 20.6. The molecule has 0 aliphatic heterocycles. The summed E-state index contributed by atoms with van der Waals surface area (Å²) in [6, 6.07) is 10.5. The molecule has 0 unspecified atom stereocenters. The number of phenols is 2. The molecule has 0 radical (unpaired) electrons. The maximum absolute atomic E-state index is 11.1. The van der Waals surface area contributed by atoms with Gasteiger partial charge < -0.3 is 30.6 Å². The fraction of sp³-hybridized carbons (Fsp3) is 0.321. The minimum atomic E-state index is -0.456. The van der Waals surface area contributed by atoms with Crippen LogP contribution in [0.15, 0.2) is 36.4 Å². The highest BCUT2D eigenvalue weighted by Crippen LogP contribution is 2.32. The number of nitrogens with one attached hydrogen (secondary N) is 1. The number of phenolic OH excluding ortho intramolecular Hbond substituents is 2. The Balaban J connectivity index is 1.68. The van der Waals surface area contributed by atoms with E-state index in [1.54, 1.807) is 6.07 Å². The van der Waals surface area contributed by atoms with Crippen molar-refractivity contribution in [2.75, 3.05) is 25.5 Å². The molecule has 0 fully saturated rings. The van der Waals surface area contributed by atoms with Gasteiger partial charge in [0.05, 0.1) is 30.8 Å². The number of hydrogen-bond acceptors (Lipinski definition) is 7. The van der Waals surface area contributed by atoms with Crippen LogP contribution in [0.2, 0.25) is 0 Å². The number of unbranched alkanes of at least 4 members (excludes halogenated alkanes) is 1. The first-order chi connectivity index (χ1) is 17.9. The van der Waals surface area contributed by atoms with E-state index < -0.39 is 5.91 Å². The van der Waals surface area contributed by atoms with Crippen LogP contribution in [0.4, 0.5) is 5.82 Å². The van der Waals surface area contributed by atoms with Crippen molar-refractivity contribution < 1.29 is 19.7 Å². The molecule has 9 heteroatoms. The largest absolute Gasteiger partial charge is 0.508 e. The summed E-state index contributed by atoms with van der Waals surface area (Å²) in [5.41, 5.74) is 10.2. The van der Waals surface area contributed by atoms with Gasteiger partial charge >= 0.3 is 0 Å². The van der Waals surface area contributed by atoms with Gasteiger partial charge in [-0.15, -0.1) is 6.42 Å². The van der Waals surface area contributed by atoms with Crippen LogP contribution in [0.5, 0.6) is 11.5 Å². The van der Waals surface area contributed by atoms with Crippen molar-refractivity contribution in [3.63, 3.8) is 0 Å². The highest BCUT2D eigenvalue weighted by Gasteiger charge is 2.19. The number of fused-ring (bicyclic) bond motifs is 3. The fourth-order valence-corrected chi connectivity index (χ4v) is 4.30. The first-order valence-electron chi connectivity index (χ1n) is 12.3.